The van der Waals surface area contributed by atoms with E-state index in [0.717, 1.165) is 25.8 Å². The normalized spacial score (nSPS) is 26.0. The number of hydrogen-bond acceptors (Lipinski definition) is 6. The van der Waals surface area contributed by atoms with Crippen molar-refractivity contribution < 1.29 is 28.7 Å². The van der Waals surface area contributed by atoms with Crippen molar-refractivity contribution >= 4 is 29.3 Å². The molecular formula is C32H36N4O6. The number of anilines is 1. The van der Waals surface area contributed by atoms with Gasteiger partial charge in [0.15, 0.2) is 11.5 Å². The Labute approximate surface area is 245 Å². The van der Waals surface area contributed by atoms with Gasteiger partial charge in [-0.3, -0.25) is 24.1 Å². The number of carbonyl (C=O) groups excluding carboxylic acids is 4. The first-order valence-corrected chi connectivity index (χ1v) is 15.0. The number of rotatable bonds is 6. The van der Waals surface area contributed by atoms with Gasteiger partial charge in [0.05, 0.1) is 31.0 Å². The van der Waals surface area contributed by atoms with Crippen LogP contribution in [0.25, 0.3) is 0 Å². The summed E-state index contributed by atoms with van der Waals surface area (Å²) >= 11 is 0. The van der Waals surface area contributed by atoms with Gasteiger partial charge in [-0.2, -0.15) is 0 Å². The SMILES string of the molecule is COc1ccc2c(c1OC)C(=O)N1c3ccccc3C(=O)N(CCCC(=O)N3C[C@H]4C[C@@H](C3)[C@H]3CCCC(=O)N3C4)[C@@H]21. The summed E-state index contributed by atoms with van der Waals surface area (Å²) in [6.45, 7) is 2.46. The van der Waals surface area contributed by atoms with E-state index in [-0.39, 0.29) is 29.7 Å². The molecule has 3 fully saturated rings. The van der Waals surface area contributed by atoms with Gasteiger partial charge in [-0.05, 0) is 55.7 Å². The summed E-state index contributed by atoms with van der Waals surface area (Å²) in [6, 6.07) is 11.0. The Morgan fingerprint density at radius 1 is 0.976 bits per heavy atom. The van der Waals surface area contributed by atoms with Crippen LogP contribution < -0.4 is 14.4 Å². The molecule has 2 bridgehead atoms. The van der Waals surface area contributed by atoms with Gasteiger partial charge in [-0.25, -0.2) is 0 Å². The molecule has 2 aromatic carbocycles. The number of benzene rings is 2. The first-order valence-electron chi connectivity index (χ1n) is 15.0. The van der Waals surface area contributed by atoms with Crippen molar-refractivity contribution in [2.24, 2.45) is 11.8 Å². The lowest BCUT2D eigenvalue weighted by Gasteiger charge is -2.52. The molecule has 5 aliphatic heterocycles. The average Bonchev–Trinajstić information content (AvgIpc) is 3.30. The summed E-state index contributed by atoms with van der Waals surface area (Å²) in [7, 11) is 3.03. The van der Waals surface area contributed by atoms with Crippen LogP contribution in [0, 0.1) is 11.8 Å². The third-order valence-corrected chi connectivity index (χ3v) is 9.81. The van der Waals surface area contributed by atoms with Crippen molar-refractivity contribution in [3.05, 3.63) is 53.1 Å². The van der Waals surface area contributed by atoms with Crippen molar-refractivity contribution in [3.63, 3.8) is 0 Å². The molecule has 5 aliphatic rings. The fraction of sp³-hybridized carbons (Fsp3) is 0.500. The molecule has 0 N–H and O–H groups in total. The second kappa shape index (κ2) is 10.3. The predicted octanol–water partition coefficient (Wildman–Crippen LogP) is 3.46. The molecule has 10 nitrogen and oxygen atoms in total. The van der Waals surface area contributed by atoms with Gasteiger partial charge in [0, 0.05) is 50.6 Å². The maximum Gasteiger partial charge on any atom is 0.264 e. The van der Waals surface area contributed by atoms with Gasteiger partial charge >= 0.3 is 0 Å². The van der Waals surface area contributed by atoms with Crippen LogP contribution in [0.1, 0.15) is 71.0 Å². The first-order chi connectivity index (χ1) is 20.4. The number of amides is 4. The van der Waals surface area contributed by atoms with Crippen LogP contribution in [0.4, 0.5) is 5.69 Å². The molecule has 5 heterocycles. The molecule has 0 spiro atoms. The van der Waals surface area contributed by atoms with Gasteiger partial charge in [0.25, 0.3) is 11.8 Å². The van der Waals surface area contributed by atoms with Gasteiger partial charge in [-0.15, -0.1) is 0 Å². The quantitative estimate of drug-likeness (QED) is 0.526. The molecule has 0 radical (unpaired) electrons. The Morgan fingerprint density at radius 3 is 2.62 bits per heavy atom. The monoisotopic (exact) mass is 572 g/mol. The highest BCUT2D eigenvalue weighted by Crippen LogP contribution is 2.49. The Morgan fingerprint density at radius 2 is 1.81 bits per heavy atom. The molecule has 7 rings (SSSR count). The Bertz CT molecular complexity index is 1470. The third kappa shape index (κ3) is 4.06. The Hall–Kier alpha value is -4.08. The van der Waals surface area contributed by atoms with Crippen molar-refractivity contribution in [1.29, 1.82) is 0 Å². The van der Waals surface area contributed by atoms with E-state index in [9.17, 15) is 19.2 Å². The van der Waals surface area contributed by atoms with Gasteiger partial charge < -0.3 is 24.2 Å². The lowest BCUT2D eigenvalue weighted by atomic mass is 9.76. The van der Waals surface area contributed by atoms with Crippen molar-refractivity contribution in [3.8, 4) is 11.5 Å². The summed E-state index contributed by atoms with van der Waals surface area (Å²) in [5, 5.41) is 0. The van der Waals surface area contributed by atoms with Gasteiger partial charge in [0.2, 0.25) is 11.8 Å². The van der Waals surface area contributed by atoms with Crippen LogP contribution >= 0.6 is 0 Å². The van der Waals surface area contributed by atoms with E-state index in [1.165, 1.54) is 14.2 Å². The molecular weight excluding hydrogens is 536 g/mol. The molecule has 0 unspecified atom stereocenters. The van der Waals surface area contributed by atoms with Crippen molar-refractivity contribution in [2.45, 2.75) is 50.7 Å². The van der Waals surface area contributed by atoms with Crippen LogP contribution in [-0.2, 0) is 9.59 Å². The minimum absolute atomic E-state index is 0.0938. The molecule has 4 amide bonds. The van der Waals surface area contributed by atoms with Gasteiger partial charge in [0.1, 0.15) is 6.17 Å². The molecule has 42 heavy (non-hydrogen) atoms. The first kappa shape index (κ1) is 26.8. The topological polar surface area (TPSA) is 99.7 Å². The van der Waals surface area contributed by atoms with E-state index in [1.54, 1.807) is 34.1 Å². The predicted molar refractivity (Wildman–Crippen MR) is 153 cm³/mol. The summed E-state index contributed by atoms with van der Waals surface area (Å²) in [5.74, 6) is 1.42. The molecule has 0 saturated carbocycles. The number of piperidine rings is 3. The number of nitrogens with zero attached hydrogens (tertiary/aromatic N) is 4. The largest absolute Gasteiger partial charge is 0.493 e. The number of para-hydroxylation sites is 1. The van der Waals surface area contributed by atoms with Crippen LogP contribution in [0.2, 0.25) is 0 Å². The standard InChI is InChI=1S/C32H36N4O6/c1-41-25-13-12-22-28(29(25)42-2)32(40)36-24-8-4-3-7-21(24)31(39)34(30(22)36)14-6-11-26(37)33-16-19-15-20(18-33)23-9-5-10-27(38)35(23)17-19/h3-4,7-8,12-13,19-20,23,30H,5-6,9-11,14-18H2,1-2H3/t19-,20+,23-,30-/m1/s1. The van der Waals surface area contributed by atoms with E-state index in [0.29, 0.717) is 84.6 Å². The molecule has 0 aromatic heterocycles. The molecule has 2 aromatic rings. The second-order valence-electron chi connectivity index (χ2n) is 12.1. The molecule has 220 valence electrons. The summed E-state index contributed by atoms with van der Waals surface area (Å²) in [5.41, 5.74) is 2.10. The van der Waals surface area contributed by atoms with Crippen LogP contribution in [0.5, 0.6) is 11.5 Å². The number of likely N-dealkylation sites (tertiary alicyclic amines) is 1. The number of methoxy groups -OCH3 is 2. The second-order valence-corrected chi connectivity index (χ2v) is 12.1. The number of carbonyl (C=O) groups is 4. The summed E-state index contributed by atoms with van der Waals surface area (Å²) in [4.78, 5) is 61.1. The van der Waals surface area contributed by atoms with E-state index in [2.05, 4.69) is 4.90 Å². The summed E-state index contributed by atoms with van der Waals surface area (Å²) in [6.07, 6.45) is 3.86. The zero-order valence-electron chi connectivity index (χ0n) is 24.1. The van der Waals surface area contributed by atoms with E-state index in [1.807, 2.05) is 17.0 Å². The van der Waals surface area contributed by atoms with Gasteiger partial charge in [-0.1, -0.05) is 18.2 Å². The number of fused-ring (bicyclic) bond motifs is 9. The lowest BCUT2D eigenvalue weighted by Crippen LogP contribution is -2.61. The Kier molecular flexibility index (Phi) is 6.59. The maximum absolute atomic E-state index is 13.9. The van der Waals surface area contributed by atoms with Crippen molar-refractivity contribution in [2.75, 3.05) is 45.3 Å². The third-order valence-electron chi connectivity index (χ3n) is 9.81. The number of hydrogen-bond donors (Lipinski definition) is 0. The average molecular weight is 573 g/mol. The number of ether oxygens (including phenoxy) is 2. The minimum atomic E-state index is -0.631. The fourth-order valence-corrected chi connectivity index (χ4v) is 8.02. The zero-order chi connectivity index (χ0) is 29.1. The molecule has 0 aliphatic carbocycles. The van der Waals surface area contributed by atoms with E-state index < -0.39 is 6.17 Å². The fourth-order valence-electron chi connectivity index (χ4n) is 8.02. The van der Waals surface area contributed by atoms with E-state index in [4.69, 9.17) is 9.47 Å². The van der Waals surface area contributed by atoms with Crippen LogP contribution in [-0.4, -0.2) is 84.8 Å². The highest BCUT2D eigenvalue weighted by molar-refractivity contribution is 6.18. The smallest absolute Gasteiger partial charge is 0.264 e. The molecule has 10 heteroatoms. The maximum atomic E-state index is 13.9. The zero-order valence-corrected chi connectivity index (χ0v) is 24.1. The van der Waals surface area contributed by atoms with Crippen LogP contribution in [0.3, 0.4) is 0 Å². The molecule has 3 saturated heterocycles. The van der Waals surface area contributed by atoms with Crippen molar-refractivity contribution in [1.82, 2.24) is 14.7 Å². The summed E-state index contributed by atoms with van der Waals surface area (Å²) < 4.78 is 11.1. The molecule has 4 atom stereocenters. The lowest BCUT2D eigenvalue weighted by molar-refractivity contribution is -0.148. The Balaban J connectivity index is 1.10. The highest BCUT2D eigenvalue weighted by Gasteiger charge is 2.50. The minimum Gasteiger partial charge on any atom is -0.493 e. The van der Waals surface area contributed by atoms with E-state index >= 15 is 0 Å². The van der Waals surface area contributed by atoms with Crippen LogP contribution in [0.15, 0.2) is 36.4 Å². The highest BCUT2D eigenvalue weighted by atomic mass is 16.5.